The van der Waals surface area contributed by atoms with Crippen LogP contribution in [0.5, 0.6) is 0 Å². The number of hydrogen-bond donors (Lipinski definition) is 1. The number of nitrogens with two attached hydrogens (primary N) is 1. The van der Waals surface area contributed by atoms with Gasteiger partial charge in [-0.05, 0) is 37.3 Å². The molecule has 0 saturated carbocycles. The van der Waals surface area contributed by atoms with Gasteiger partial charge in [0, 0.05) is 29.8 Å². The Balaban J connectivity index is 1.74. The molecule has 2 N–H and O–H groups in total. The van der Waals surface area contributed by atoms with E-state index in [4.69, 9.17) is 5.73 Å². The molecule has 0 aliphatic carbocycles. The fourth-order valence-electron chi connectivity index (χ4n) is 3.23. The van der Waals surface area contributed by atoms with Crippen LogP contribution in [0.2, 0.25) is 0 Å². The van der Waals surface area contributed by atoms with Gasteiger partial charge in [-0.3, -0.25) is 4.79 Å². The Hall–Kier alpha value is -1.00. The quantitative estimate of drug-likeness (QED) is 0.910. The molecule has 108 valence electrons. The molecule has 0 unspecified atom stereocenters. The van der Waals surface area contributed by atoms with Crippen molar-refractivity contribution < 1.29 is 4.79 Å². The molecule has 1 saturated heterocycles. The summed E-state index contributed by atoms with van der Waals surface area (Å²) < 4.78 is 0. The van der Waals surface area contributed by atoms with Crippen LogP contribution in [0.1, 0.15) is 31.2 Å². The second kappa shape index (κ2) is 5.78. The molecule has 1 aromatic carbocycles. The molecule has 3 rings (SSSR count). The lowest BCUT2D eigenvalue weighted by Gasteiger charge is -2.36. The summed E-state index contributed by atoms with van der Waals surface area (Å²) in [7, 11) is 0. The molecule has 2 heterocycles. The lowest BCUT2D eigenvalue weighted by Crippen LogP contribution is -2.46. The summed E-state index contributed by atoms with van der Waals surface area (Å²) in [5.41, 5.74) is 7.23. The van der Waals surface area contributed by atoms with E-state index in [2.05, 4.69) is 19.1 Å². The summed E-state index contributed by atoms with van der Waals surface area (Å²) >= 11 is 1.80. The number of carbonyl (C=O) groups is 1. The molecule has 0 bridgehead atoms. The topological polar surface area (TPSA) is 46.3 Å². The Morgan fingerprint density at radius 3 is 3.05 bits per heavy atom. The van der Waals surface area contributed by atoms with E-state index in [0.717, 1.165) is 31.7 Å². The fraction of sp³-hybridized carbons (Fsp3) is 0.562. The van der Waals surface area contributed by atoms with Crippen molar-refractivity contribution >= 4 is 17.7 Å². The Bertz CT molecular complexity index is 503. The highest BCUT2D eigenvalue weighted by Gasteiger charge is 2.34. The predicted octanol–water partition coefficient (Wildman–Crippen LogP) is 2.46. The summed E-state index contributed by atoms with van der Waals surface area (Å²) in [5.74, 6) is 1.69. The van der Waals surface area contributed by atoms with Crippen LogP contribution in [0.15, 0.2) is 29.2 Å². The van der Waals surface area contributed by atoms with Crippen molar-refractivity contribution in [1.82, 2.24) is 4.90 Å². The van der Waals surface area contributed by atoms with Crippen LogP contribution >= 0.6 is 11.8 Å². The highest BCUT2D eigenvalue weighted by atomic mass is 32.2. The lowest BCUT2D eigenvalue weighted by molar-refractivity contribution is -0.134. The monoisotopic (exact) mass is 290 g/mol. The van der Waals surface area contributed by atoms with Gasteiger partial charge >= 0.3 is 0 Å². The molecule has 1 aromatic rings. The van der Waals surface area contributed by atoms with Gasteiger partial charge in [0.15, 0.2) is 0 Å². The first-order valence-corrected chi connectivity index (χ1v) is 8.41. The maximum atomic E-state index is 12.8. The molecular formula is C16H22N2OS. The van der Waals surface area contributed by atoms with Crippen molar-refractivity contribution in [2.75, 3.05) is 18.8 Å². The number of fused-ring (bicyclic) bond motifs is 1. The van der Waals surface area contributed by atoms with E-state index in [9.17, 15) is 4.79 Å². The van der Waals surface area contributed by atoms with E-state index < -0.39 is 0 Å². The number of thioether (sulfide) groups is 1. The SMILES string of the molecule is C[C@H](N)[C@@H]1CCCN(C(=O)[C@H]2CSc3ccccc32)C1. The summed E-state index contributed by atoms with van der Waals surface area (Å²) in [6, 6.07) is 8.48. The van der Waals surface area contributed by atoms with Gasteiger partial charge in [-0.2, -0.15) is 0 Å². The zero-order valence-electron chi connectivity index (χ0n) is 11.9. The molecule has 20 heavy (non-hydrogen) atoms. The fourth-order valence-corrected chi connectivity index (χ4v) is 4.45. The summed E-state index contributed by atoms with van der Waals surface area (Å²) in [5, 5.41) is 0. The van der Waals surface area contributed by atoms with Crippen molar-refractivity contribution in [2.45, 2.75) is 36.6 Å². The molecule has 4 heteroatoms. The van der Waals surface area contributed by atoms with Crippen LogP contribution < -0.4 is 5.73 Å². The van der Waals surface area contributed by atoms with Crippen molar-refractivity contribution in [3.63, 3.8) is 0 Å². The number of benzene rings is 1. The first kappa shape index (κ1) is 14.0. The van der Waals surface area contributed by atoms with Gasteiger partial charge in [-0.1, -0.05) is 18.2 Å². The van der Waals surface area contributed by atoms with E-state index in [0.29, 0.717) is 11.8 Å². The lowest BCUT2D eigenvalue weighted by atomic mass is 9.90. The second-order valence-electron chi connectivity index (χ2n) is 5.95. The molecular weight excluding hydrogens is 268 g/mol. The Morgan fingerprint density at radius 2 is 2.25 bits per heavy atom. The first-order chi connectivity index (χ1) is 9.66. The second-order valence-corrected chi connectivity index (χ2v) is 7.01. The van der Waals surface area contributed by atoms with Gasteiger partial charge in [0.25, 0.3) is 0 Å². The zero-order valence-corrected chi connectivity index (χ0v) is 12.7. The van der Waals surface area contributed by atoms with E-state index in [1.54, 1.807) is 11.8 Å². The van der Waals surface area contributed by atoms with E-state index in [1.807, 2.05) is 17.0 Å². The third-order valence-corrected chi connectivity index (χ3v) is 5.69. The summed E-state index contributed by atoms with van der Waals surface area (Å²) in [4.78, 5) is 16.1. The van der Waals surface area contributed by atoms with Crippen LogP contribution in [0.25, 0.3) is 0 Å². The molecule has 3 atom stereocenters. The van der Waals surface area contributed by atoms with Gasteiger partial charge in [-0.15, -0.1) is 11.8 Å². The number of amides is 1. The minimum Gasteiger partial charge on any atom is -0.342 e. The van der Waals surface area contributed by atoms with E-state index in [-0.39, 0.29) is 12.0 Å². The largest absolute Gasteiger partial charge is 0.342 e. The smallest absolute Gasteiger partial charge is 0.231 e. The number of nitrogens with zero attached hydrogens (tertiary/aromatic N) is 1. The van der Waals surface area contributed by atoms with Crippen molar-refractivity contribution in [3.8, 4) is 0 Å². The Kier molecular flexibility index (Phi) is 4.03. The normalized spacial score (nSPS) is 27.2. The van der Waals surface area contributed by atoms with Crippen molar-refractivity contribution in [2.24, 2.45) is 11.7 Å². The summed E-state index contributed by atoms with van der Waals surface area (Å²) in [6.45, 7) is 3.78. The molecule has 0 spiro atoms. The van der Waals surface area contributed by atoms with Gasteiger partial charge < -0.3 is 10.6 Å². The third-order valence-electron chi connectivity index (χ3n) is 4.51. The van der Waals surface area contributed by atoms with Crippen molar-refractivity contribution in [3.05, 3.63) is 29.8 Å². The predicted molar refractivity (Wildman–Crippen MR) is 82.9 cm³/mol. The van der Waals surface area contributed by atoms with Gasteiger partial charge in [0.05, 0.1) is 5.92 Å². The zero-order chi connectivity index (χ0) is 14.1. The highest BCUT2D eigenvalue weighted by molar-refractivity contribution is 7.99. The van der Waals surface area contributed by atoms with Crippen molar-refractivity contribution in [1.29, 1.82) is 0 Å². The molecule has 1 amide bonds. The van der Waals surface area contributed by atoms with E-state index >= 15 is 0 Å². The number of likely N-dealkylation sites (tertiary alicyclic amines) is 1. The average Bonchev–Trinajstić information content (AvgIpc) is 2.90. The van der Waals surface area contributed by atoms with Gasteiger partial charge in [-0.25, -0.2) is 0 Å². The van der Waals surface area contributed by atoms with Crippen LogP contribution in [0.4, 0.5) is 0 Å². The van der Waals surface area contributed by atoms with E-state index in [1.165, 1.54) is 10.5 Å². The maximum Gasteiger partial charge on any atom is 0.231 e. The Morgan fingerprint density at radius 1 is 1.45 bits per heavy atom. The van der Waals surface area contributed by atoms with Gasteiger partial charge in [0.2, 0.25) is 5.91 Å². The standard InChI is InChI=1S/C16H22N2OS/c1-11(17)12-5-4-8-18(9-12)16(19)14-10-20-15-7-3-2-6-13(14)15/h2-3,6-7,11-12,14H,4-5,8-10,17H2,1H3/t11-,12+,14-/m0/s1. The third kappa shape index (κ3) is 2.59. The maximum absolute atomic E-state index is 12.8. The number of hydrogen-bond acceptors (Lipinski definition) is 3. The van der Waals surface area contributed by atoms with Crippen LogP contribution in [-0.4, -0.2) is 35.7 Å². The summed E-state index contributed by atoms with van der Waals surface area (Å²) in [6.07, 6.45) is 2.23. The van der Waals surface area contributed by atoms with Crippen LogP contribution in [0.3, 0.4) is 0 Å². The molecule has 3 nitrogen and oxygen atoms in total. The Labute approximate surface area is 124 Å². The minimum absolute atomic E-state index is 0.0445. The molecule has 2 aliphatic heterocycles. The average molecular weight is 290 g/mol. The molecule has 0 radical (unpaired) electrons. The van der Waals surface area contributed by atoms with Crippen LogP contribution in [0, 0.1) is 5.92 Å². The number of carbonyl (C=O) groups excluding carboxylic acids is 1. The highest BCUT2D eigenvalue weighted by Crippen LogP contribution is 2.40. The number of piperidine rings is 1. The minimum atomic E-state index is 0.0445. The molecule has 0 aromatic heterocycles. The molecule has 1 fully saturated rings. The van der Waals surface area contributed by atoms with Gasteiger partial charge in [0.1, 0.15) is 0 Å². The van der Waals surface area contributed by atoms with Crippen LogP contribution in [-0.2, 0) is 4.79 Å². The number of rotatable bonds is 2. The molecule has 2 aliphatic rings. The first-order valence-electron chi connectivity index (χ1n) is 7.43.